The van der Waals surface area contributed by atoms with Crippen molar-refractivity contribution >= 4 is 23.5 Å². The van der Waals surface area contributed by atoms with Gasteiger partial charge in [-0.2, -0.15) is 23.1 Å². The van der Waals surface area contributed by atoms with Gasteiger partial charge in [0.15, 0.2) is 0 Å². The van der Waals surface area contributed by atoms with Crippen molar-refractivity contribution in [2.75, 3.05) is 25.0 Å². The Labute approximate surface area is 218 Å². The van der Waals surface area contributed by atoms with Crippen LogP contribution in [0.15, 0.2) is 23.0 Å². The molecule has 2 rings (SSSR count). The number of likely N-dealkylation sites (tertiary alicyclic amines) is 1. The van der Waals surface area contributed by atoms with E-state index >= 15 is 0 Å². The predicted octanol–water partition coefficient (Wildman–Crippen LogP) is 5.54. The Balaban J connectivity index is 2.13. The number of nitrogens with zero attached hydrogens (tertiary/aromatic N) is 4. The van der Waals surface area contributed by atoms with E-state index in [0.717, 1.165) is 56.7 Å². The summed E-state index contributed by atoms with van der Waals surface area (Å²) in [5.74, 6) is -0.226. The summed E-state index contributed by atoms with van der Waals surface area (Å²) in [6.07, 6.45) is 6.59. The molecule has 37 heavy (non-hydrogen) atoms. The lowest BCUT2D eigenvalue weighted by atomic mass is 10.1. The number of anilines is 1. The van der Waals surface area contributed by atoms with Crippen LogP contribution in [0.1, 0.15) is 90.5 Å². The van der Waals surface area contributed by atoms with Gasteiger partial charge in [-0.1, -0.05) is 40.0 Å². The third kappa shape index (κ3) is 10.2. The van der Waals surface area contributed by atoms with Crippen molar-refractivity contribution in [2.45, 2.75) is 97.2 Å². The van der Waals surface area contributed by atoms with Gasteiger partial charge >= 0.3 is 6.18 Å². The lowest BCUT2D eigenvalue weighted by Gasteiger charge is -2.20. The fourth-order valence-electron chi connectivity index (χ4n) is 4.28. The van der Waals surface area contributed by atoms with Gasteiger partial charge in [0.1, 0.15) is 17.2 Å². The fourth-order valence-corrected chi connectivity index (χ4v) is 4.28. The highest BCUT2D eigenvalue weighted by atomic mass is 19.4. The summed E-state index contributed by atoms with van der Waals surface area (Å²) >= 11 is 0. The highest BCUT2D eigenvalue weighted by Gasteiger charge is 2.35. The number of hydrogen-bond acceptors (Lipinski definition) is 6. The Morgan fingerprint density at radius 3 is 2.59 bits per heavy atom. The van der Waals surface area contributed by atoms with Crippen LogP contribution in [0.25, 0.3) is 0 Å². The second-order valence-corrected chi connectivity index (χ2v) is 9.36. The first-order valence-electron chi connectivity index (χ1n) is 13.4. The van der Waals surface area contributed by atoms with Crippen LogP contribution in [-0.2, 0) is 11.0 Å². The van der Waals surface area contributed by atoms with Crippen molar-refractivity contribution in [3.63, 3.8) is 0 Å². The summed E-state index contributed by atoms with van der Waals surface area (Å²) in [5, 5.41) is 6.16. The average molecular weight is 526 g/mol. The van der Waals surface area contributed by atoms with E-state index in [2.05, 4.69) is 39.4 Å². The lowest BCUT2D eigenvalue weighted by Crippen LogP contribution is -2.32. The molecule has 4 N–H and O–H groups in total. The quantitative estimate of drug-likeness (QED) is 0.167. The van der Waals surface area contributed by atoms with Crippen molar-refractivity contribution in [3.05, 3.63) is 23.5 Å². The molecule has 1 amide bonds. The van der Waals surface area contributed by atoms with Crippen molar-refractivity contribution in [3.8, 4) is 0 Å². The highest BCUT2D eigenvalue weighted by Crippen LogP contribution is 2.34. The van der Waals surface area contributed by atoms with Gasteiger partial charge in [-0.15, -0.1) is 0 Å². The molecule has 2 heterocycles. The maximum absolute atomic E-state index is 13.6. The molecule has 1 fully saturated rings. The van der Waals surface area contributed by atoms with E-state index in [-0.39, 0.29) is 30.1 Å². The van der Waals surface area contributed by atoms with Crippen LogP contribution in [0.3, 0.4) is 0 Å². The lowest BCUT2D eigenvalue weighted by molar-refractivity contribution is -0.137. The Morgan fingerprint density at radius 1 is 1.22 bits per heavy atom. The molecule has 0 aromatic carbocycles. The first-order valence-corrected chi connectivity index (χ1v) is 13.4. The first-order chi connectivity index (χ1) is 17.7. The van der Waals surface area contributed by atoms with E-state index in [1.54, 1.807) is 4.90 Å². The minimum atomic E-state index is -4.62. The molecule has 0 spiro atoms. The second kappa shape index (κ2) is 15.4. The zero-order chi connectivity index (χ0) is 27.3. The largest absolute Gasteiger partial charge is 0.421 e. The summed E-state index contributed by atoms with van der Waals surface area (Å²) in [7, 11) is 0. The number of hydrogen-bond donors (Lipinski definition) is 3. The number of rotatable bonds is 14. The van der Waals surface area contributed by atoms with Gasteiger partial charge in [-0.3, -0.25) is 4.79 Å². The van der Waals surface area contributed by atoms with Crippen molar-refractivity contribution in [2.24, 2.45) is 10.7 Å². The average Bonchev–Trinajstić information content (AvgIpc) is 3.05. The van der Waals surface area contributed by atoms with Crippen LogP contribution in [0.4, 0.5) is 24.9 Å². The second-order valence-electron chi connectivity index (χ2n) is 9.36. The Bertz CT molecular complexity index is 912. The van der Waals surface area contributed by atoms with Gasteiger partial charge < -0.3 is 21.3 Å². The number of carbonyl (C=O) groups excluding carboxylic acids is 1. The molecule has 0 saturated carbocycles. The number of aromatic nitrogens is 2. The molecular formula is C26H42F3N7O. The number of carbonyl (C=O) groups is 1. The molecule has 1 aliphatic heterocycles. The van der Waals surface area contributed by atoms with Crippen LogP contribution in [0.5, 0.6) is 0 Å². The number of halogens is 3. The summed E-state index contributed by atoms with van der Waals surface area (Å²) in [5.41, 5.74) is 5.95. The SMILES string of the molecule is CCCC(CCC)N/C=C(CC)\C(N)=N\c1ncc(C(F)(F)F)c(NCCCN2CCCCCC2=O)n1. The number of alkyl halides is 3. The van der Waals surface area contributed by atoms with Gasteiger partial charge in [0.25, 0.3) is 5.95 Å². The molecule has 1 saturated heterocycles. The van der Waals surface area contributed by atoms with Crippen molar-refractivity contribution < 1.29 is 18.0 Å². The third-order valence-electron chi connectivity index (χ3n) is 6.35. The molecule has 1 aliphatic rings. The smallest absolute Gasteiger partial charge is 0.388 e. The van der Waals surface area contributed by atoms with Gasteiger partial charge in [-0.05, 0) is 38.5 Å². The van der Waals surface area contributed by atoms with Crippen LogP contribution in [-0.4, -0.2) is 52.3 Å². The molecular weight excluding hydrogens is 483 g/mol. The maximum Gasteiger partial charge on any atom is 0.421 e. The van der Waals surface area contributed by atoms with Crippen LogP contribution >= 0.6 is 0 Å². The fraction of sp³-hybridized carbons (Fsp3) is 0.692. The molecule has 1 aromatic rings. The molecule has 0 aliphatic carbocycles. The minimum Gasteiger partial charge on any atom is -0.388 e. The molecule has 0 unspecified atom stereocenters. The number of amidine groups is 1. The van der Waals surface area contributed by atoms with Crippen LogP contribution in [0, 0.1) is 0 Å². The van der Waals surface area contributed by atoms with Gasteiger partial charge in [0.2, 0.25) is 5.91 Å². The first kappa shape index (κ1) is 30.4. The molecule has 1 aromatic heterocycles. The van der Waals surface area contributed by atoms with E-state index in [1.165, 1.54) is 0 Å². The molecule has 0 radical (unpaired) electrons. The van der Waals surface area contributed by atoms with E-state index in [4.69, 9.17) is 5.73 Å². The van der Waals surface area contributed by atoms with Gasteiger partial charge in [0, 0.05) is 50.1 Å². The summed E-state index contributed by atoms with van der Waals surface area (Å²) < 4.78 is 40.7. The summed E-state index contributed by atoms with van der Waals surface area (Å²) in [4.78, 5) is 26.0. The Kier molecular flexibility index (Phi) is 12.7. The van der Waals surface area contributed by atoms with E-state index < -0.39 is 11.7 Å². The number of nitrogens with one attached hydrogen (secondary N) is 2. The zero-order valence-electron chi connectivity index (χ0n) is 22.3. The number of aliphatic imine (C=N–C) groups is 1. The Morgan fingerprint density at radius 2 is 1.95 bits per heavy atom. The predicted molar refractivity (Wildman–Crippen MR) is 142 cm³/mol. The molecule has 11 heteroatoms. The standard InChI is InChI=1S/C26H42F3N7O/c1-4-11-20(12-5-2)32-17-19(6-3)23(30)34-25-33-18-21(26(27,28)29)24(35-25)31-14-10-16-36-15-9-7-8-13-22(36)37/h17-18,20,32H,4-16H2,1-3H3,(H3,30,31,33,34,35)/b19-17-. The van der Waals surface area contributed by atoms with Crippen LogP contribution in [0.2, 0.25) is 0 Å². The number of nitrogens with two attached hydrogens (primary N) is 1. The van der Waals surface area contributed by atoms with Crippen molar-refractivity contribution in [1.82, 2.24) is 20.2 Å². The summed E-state index contributed by atoms with van der Waals surface area (Å²) in [6, 6.07) is 0.326. The Hall–Kier alpha value is -2.85. The van der Waals surface area contributed by atoms with E-state index in [9.17, 15) is 18.0 Å². The van der Waals surface area contributed by atoms with Gasteiger partial charge in [0.05, 0.1) is 0 Å². The zero-order valence-corrected chi connectivity index (χ0v) is 22.3. The number of amides is 1. The monoisotopic (exact) mass is 525 g/mol. The minimum absolute atomic E-state index is 0.104. The van der Waals surface area contributed by atoms with Gasteiger partial charge in [-0.25, -0.2) is 4.98 Å². The van der Waals surface area contributed by atoms with E-state index in [0.29, 0.717) is 38.4 Å². The maximum atomic E-state index is 13.6. The molecule has 208 valence electrons. The molecule has 0 atom stereocenters. The third-order valence-corrected chi connectivity index (χ3v) is 6.35. The topological polar surface area (TPSA) is 109 Å². The van der Waals surface area contributed by atoms with E-state index in [1.807, 2.05) is 13.1 Å². The van der Waals surface area contributed by atoms with Crippen LogP contribution < -0.4 is 16.4 Å². The summed E-state index contributed by atoms with van der Waals surface area (Å²) in [6.45, 7) is 7.60. The molecule has 0 bridgehead atoms. The normalized spacial score (nSPS) is 15.8. The van der Waals surface area contributed by atoms with Crippen molar-refractivity contribution in [1.29, 1.82) is 0 Å². The highest BCUT2D eigenvalue weighted by molar-refractivity contribution is 5.98. The molecule has 8 nitrogen and oxygen atoms in total.